The van der Waals surface area contributed by atoms with Gasteiger partial charge in [-0.1, -0.05) is 18.2 Å². The van der Waals surface area contributed by atoms with Crippen LogP contribution < -0.4 is 5.32 Å². The minimum absolute atomic E-state index is 0.542. The van der Waals surface area contributed by atoms with E-state index < -0.39 is 0 Å². The molecule has 0 aromatic heterocycles. The molecule has 1 atom stereocenters. The molecular weight excluding hydrogens is 212 g/mol. The summed E-state index contributed by atoms with van der Waals surface area (Å²) in [6, 6.07) is 9.81. The van der Waals surface area contributed by atoms with Crippen molar-refractivity contribution < 1.29 is 4.74 Å². The third-order valence-electron chi connectivity index (χ3n) is 3.15. The first kappa shape index (κ1) is 12.1. The number of nitrogens with one attached hydrogen (secondary N) is 1. The van der Waals surface area contributed by atoms with Gasteiger partial charge in [0.2, 0.25) is 0 Å². The van der Waals surface area contributed by atoms with E-state index in [1.54, 1.807) is 0 Å². The van der Waals surface area contributed by atoms with Gasteiger partial charge in [0.15, 0.2) is 0 Å². The molecule has 1 aromatic rings. The topological polar surface area (TPSA) is 45.0 Å². The third-order valence-corrected chi connectivity index (χ3v) is 3.15. The molecule has 1 unspecified atom stereocenters. The lowest BCUT2D eigenvalue weighted by molar-refractivity contribution is 0.0782. The Morgan fingerprint density at radius 2 is 2.29 bits per heavy atom. The van der Waals surface area contributed by atoms with Crippen LogP contribution in [0.15, 0.2) is 24.3 Å². The molecule has 1 heterocycles. The fourth-order valence-corrected chi connectivity index (χ4v) is 2.16. The zero-order valence-electron chi connectivity index (χ0n) is 9.98. The summed E-state index contributed by atoms with van der Waals surface area (Å²) in [7, 11) is 0. The van der Waals surface area contributed by atoms with E-state index in [1.165, 1.54) is 12.8 Å². The zero-order chi connectivity index (χ0) is 11.9. The number of hydrogen-bond acceptors (Lipinski definition) is 3. The standard InChI is InChI=1S/C14H18N2O/c15-8-13-5-1-2-6-14(13)11-17-10-12-4-3-7-16-9-12/h1-2,5-6,12,16H,3-4,7,9-11H2. The van der Waals surface area contributed by atoms with Crippen molar-refractivity contribution in [2.45, 2.75) is 19.4 Å². The maximum absolute atomic E-state index is 8.95. The quantitative estimate of drug-likeness (QED) is 0.861. The Balaban J connectivity index is 1.79. The summed E-state index contributed by atoms with van der Waals surface area (Å²) >= 11 is 0. The lowest BCUT2D eigenvalue weighted by Crippen LogP contribution is -2.32. The van der Waals surface area contributed by atoms with Gasteiger partial charge in [0, 0.05) is 6.54 Å². The SMILES string of the molecule is N#Cc1ccccc1COCC1CCCNC1. The first-order valence-electron chi connectivity index (χ1n) is 6.16. The monoisotopic (exact) mass is 230 g/mol. The number of rotatable bonds is 4. The molecular formula is C14H18N2O. The van der Waals surface area contributed by atoms with E-state index in [1.807, 2.05) is 24.3 Å². The summed E-state index contributed by atoms with van der Waals surface area (Å²) in [5, 5.41) is 12.3. The molecule has 2 rings (SSSR count). The predicted molar refractivity (Wildman–Crippen MR) is 66.4 cm³/mol. The lowest BCUT2D eigenvalue weighted by Gasteiger charge is -2.22. The summed E-state index contributed by atoms with van der Waals surface area (Å²) in [4.78, 5) is 0. The van der Waals surface area contributed by atoms with Gasteiger partial charge in [-0.3, -0.25) is 0 Å². The highest BCUT2D eigenvalue weighted by Gasteiger charge is 2.13. The van der Waals surface area contributed by atoms with Crippen molar-refractivity contribution in [1.29, 1.82) is 5.26 Å². The zero-order valence-corrected chi connectivity index (χ0v) is 9.98. The summed E-state index contributed by atoms with van der Waals surface area (Å²) in [6.45, 7) is 3.51. The van der Waals surface area contributed by atoms with Crippen molar-refractivity contribution in [2.75, 3.05) is 19.7 Å². The van der Waals surface area contributed by atoms with Gasteiger partial charge in [0.1, 0.15) is 0 Å². The van der Waals surface area contributed by atoms with E-state index in [-0.39, 0.29) is 0 Å². The highest BCUT2D eigenvalue weighted by Crippen LogP contribution is 2.13. The molecule has 1 aliphatic rings. The Morgan fingerprint density at radius 1 is 1.41 bits per heavy atom. The van der Waals surface area contributed by atoms with Crippen molar-refractivity contribution in [3.8, 4) is 6.07 Å². The fraction of sp³-hybridized carbons (Fsp3) is 0.500. The van der Waals surface area contributed by atoms with E-state index in [4.69, 9.17) is 10.00 Å². The second-order valence-corrected chi connectivity index (χ2v) is 4.50. The maximum atomic E-state index is 8.95. The first-order valence-corrected chi connectivity index (χ1v) is 6.16. The molecule has 0 spiro atoms. The minimum Gasteiger partial charge on any atom is -0.376 e. The van der Waals surface area contributed by atoms with Crippen LogP contribution >= 0.6 is 0 Å². The van der Waals surface area contributed by atoms with E-state index >= 15 is 0 Å². The van der Waals surface area contributed by atoms with Crippen LogP contribution in [0.2, 0.25) is 0 Å². The average molecular weight is 230 g/mol. The van der Waals surface area contributed by atoms with Gasteiger partial charge >= 0.3 is 0 Å². The average Bonchev–Trinajstić information content (AvgIpc) is 2.40. The van der Waals surface area contributed by atoms with Gasteiger partial charge in [-0.05, 0) is 36.9 Å². The first-order chi connectivity index (χ1) is 8.40. The predicted octanol–water partition coefficient (Wildman–Crippen LogP) is 2.07. The van der Waals surface area contributed by atoms with Crippen LogP contribution in [0.3, 0.4) is 0 Å². The second-order valence-electron chi connectivity index (χ2n) is 4.50. The maximum Gasteiger partial charge on any atom is 0.0995 e. The van der Waals surface area contributed by atoms with Crippen molar-refractivity contribution >= 4 is 0 Å². The number of hydrogen-bond donors (Lipinski definition) is 1. The Labute approximate surface area is 102 Å². The highest BCUT2D eigenvalue weighted by atomic mass is 16.5. The van der Waals surface area contributed by atoms with E-state index in [2.05, 4.69) is 11.4 Å². The van der Waals surface area contributed by atoms with Crippen molar-refractivity contribution in [1.82, 2.24) is 5.32 Å². The molecule has 17 heavy (non-hydrogen) atoms. The number of benzene rings is 1. The normalized spacial score (nSPS) is 19.8. The third kappa shape index (κ3) is 3.55. The van der Waals surface area contributed by atoms with Crippen LogP contribution in [-0.4, -0.2) is 19.7 Å². The molecule has 1 N–H and O–H groups in total. The van der Waals surface area contributed by atoms with E-state index in [0.29, 0.717) is 18.1 Å². The van der Waals surface area contributed by atoms with Crippen LogP contribution in [0.4, 0.5) is 0 Å². The summed E-state index contributed by atoms with van der Waals surface area (Å²) in [6.07, 6.45) is 2.48. The Kier molecular flexibility index (Phi) is 4.54. The molecule has 0 radical (unpaired) electrons. The smallest absolute Gasteiger partial charge is 0.0995 e. The highest BCUT2D eigenvalue weighted by molar-refractivity contribution is 5.36. The molecule has 90 valence electrons. The van der Waals surface area contributed by atoms with Crippen molar-refractivity contribution in [3.05, 3.63) is 35.4 Å². The van der Waals surface area contributed by atoms with E-state index in [0.717, 1.165) is 25.3 Å². The molecule has 1 aromatic carbocycles. The summed E-state index contributed by atoms with van der Waals surface area (Å²) in [5.74, 6) is 0.623. The molecule has 0 saturated carbocycles. The molecule has 1 saturated heterocycles. The van der Waals surface area contributed by atoms with Gasteiger partial charge in [-0.15, -0.1) is 0 Å². The van der Waals surface area contributed by atoms with Crippen LogP contribution in [0.5, 0.6) is 0 Å². The van der Waals surface area contributed by atoms with Gasteiger partial charge < -0.3 is 10.1 Å². The summed E-state index contributed by atoms with van der Waals surface area (Å²) in [5.41, 5.74) is 1.70. The molecule has 0 aliphatic carbocycles. The van der Waals surface area contributed by atoms with E-state index in [9.17, 15) is 0 Å². The van der Waals surface area contributed by atoms with Crippen LogP contribution in [0.1, 0.15) is 24.0 Å². The summed E-state index contributed by atoms with van der Waals surface area (Å²) < 4.78 is 5.71. The Hall–Kier alpha value is -1.37. The van der Waals surface area contributed by atoms with Crippen molar-refractivity contribution in [2.24, 2.45) is 5.92 Å². The molecule has 0 bridgehead atoms. The van der Waals surface area contributed by atoms with Gasteiger partial charge in [0.05, 0.1) is 24.8 Å². The van der Waals surface area contributed by atoms with Gasteiger partial charge in [0.25, 0.3) is 0 Å². The Morgan fingerprint density at radius 3 is 3.06 bits per heavy atom. The molecule has 3 nitrogen and oxygen atoms in total. The molecule has 0 amide bonds. The van der Waals surface area contributed by atoms with Crippen LogP contribution in [0.25, 0.3) is 0 Å². The number of ether oxygens (including phenoxy) is 1. The fourth-order valence-electron chi connectivity index (χ4n) is 2.16. The number of nitriles is 1. The molecule has 3 heteroatoms. The largest absolute Gasteiger partial charge is 0.376 e. The van der Waals surface area contributed by atoms with Gasteiger partial charge in [-0.2, -0.15) is 5.26 Å². The van der Waals surface area contributed by atoms with Gasteiger partial charge in [-0.25, -0.2) is 0 Å². The van der Waals surface area contributed by atoms with Crippen LogP contribution in [0, 0.1) is 17.2 Å². The lowest BCUT2D eigenvalue weighted by atomic mass is 10.0. The molecule has 1 aliphatic heterocycles. The Bertz CT molecular complexity index is 391. The molecule has 1 fully saturated rings. The minimum atomic E-state index is 0.542. The second kappa shape index (κ2) is 6.39. The van der Waals surface area contributed by atoms with Crippen LogP contribution in [-0.2, 0) is 11.3 Å². The number of nitrogens with zero attached hydrogens (tertiary/aromatic N) is 1. The number of piperidine rings is 1. The van der Waals surface area contributed by atoms with Crippen molar-refractivity contribution in [3.63, 3.8) is 0 Å².